The van der Waals surface area contributed by atoms with Crippen LogP contribution in [0, 0.1) is 6.92 Å². The van der Waals surface area contributed by atoms with Gasteiger partial charge in [-0.1, -0.05) is 36.6 Å². The molecule has 0 saturated heterocycles. The van der Waals surface area contributed by atoms with Crippen LogP contribution in [0.1, 0.15) is 42.2 Å². The molecular weight excluding hydrogens is 276 g/mol. The molecule has 19 heavy (non-hydrogen) atoms. The normalized spacial score (nSPS) is 16.1. The average molecular weight is 293 g/mol. The van der Waals surface area contributed by atoms with E-state index in [1.807, 2.05) is 25.1 Å². The van der Waals surface area contributed by atoms with Gasteiger partial charge in [-0.15, -0.1) is 11.3 Å². The third-order valence-electron chi connectivity index (χ3n) is 3.82. The van der Waals surface area contributed by atoms with E-state index in [4.69, 9.17) is 22.3 Å². The third-order valence-corrected chi connectivity index (χ3v) is 5.27. The molecule has 0 bridgehead atoms. The highest BCUT2D eigenvalue weighted by Crippen LogP contribution is 2.41. The van der Waals surface area contributed by atoms with Crippen LogP contribution in [-0.4, -0.2) is 4.98 Å². The van der Waals surface area contributed by atoms with E-state index in [0.717, 1.165) is 26.8 Å². The Bertz CT molecular complexity index is 600. The van der Waals surface area contributed by atoms with Gasteiger partial charge >= 0.3 is 0 Å². The summed E-state index contributed by atoms with van der Waals surface area (Å²) in [4.78, 5) is 4.77. The van der Waals surface area contributed by atoms with Crippen LogP contribution in [0.5, 0.6) is 0 Å². The van der Waals surface area contributed by atoms with Crippen LogP contribution in [0.2, 0.25) is 5.02 Å². The van der Waals surface area contributed by atoms with Crippen LogP contribution in [0.3, 0.4) is 0 Å². The Morgan fingerprint density at radius 1 is 1.32 bits per heavy atom. The number of anilines is 1. The van der Waals surface area contributed by atoms with Crippen molar-refractivity contribution in [1.82, 2.24) is 4.98 Å². The summed E-state index contributed by atoms with van der Waals surface area (Å²) in [6.07, 6.45) is 5.13. The van der Waals surface area contributed by atoms with Crippen LogP contribution in [-0.2, 0) is 0 Å². The van der Waals surface area contributed by atoms with Crippen molar-refractivity contribution in [3.8, 4) is 11.3 Å². The summed E-state index contributed by atoms with van der Waals surface area (Å²) in [5.74, 6) is 0.613. The van der Waals surface area contributed by atoms with Crippen LogP contribution < -0.4 is 5.73 Å². The van der Waals surface area contributed by atoms with Gasteiger partial charge in [0.25, 0.3) is 0 Å². The highest BCUT2D eigenvalue weighted by molar-refractivity contribution is 7.16. The van der Waals surface area contributed by atoms with E-state index in [9.17, 15) is 0 Å². The molecule has 2 nitrogen and oxygen atoms in total. The lowest BCUT2D eigenvalue weighted by Gasteiger charge is -2.03. The Labute approximate surface area is 122 Å². The first-order valence-corrected chi connectivity index (χ1v) is 7.87. The van der Waals surface area contributed by atoms with Gasteiger partial charge in [0.15, 0.2) is 0 Å². The first kappa shape index (κ1) is 12.9. The van der Waals surface area contributed by atoms with E-state index in [-0.39, 0.29) is 0 Å². The SMILES string of the molecule is Cc1ccc(-c2nc(C3CCCC3)sc2N)cc1Cl. The monoisotopic (exact) mass is 292 g/mol. The molecule has 1 aromatic carbocycles. The molecule has 0 amide bonds. The fourth-order valence-corrected chi connectivity index (χ4v) is 3.85. The molecule has 1 aliphatic rings. The fourth-order valence-electron chi connectivity index (χ4n) is 2.64. The van der Waals surface area contributed by atoms with Gasteiger partial charge in [0.2, 0.25) is 0 Å². The van der Waals surface area contributed by atoms with E-state index in [1.54, 1.807) is 11.3 Å². The highest BCUT2D eigenvalue weighted by Gasteiger charge is 2.22. The maximum Gasteiger partial charge on any atom is 0.114 e. The Morgan fingerprint density at radius 2 is 2.05 bits per heavy atom. The molecule has 0 atom stereocenters. The molecule has 1 fully saturated rings. The second kappa shape index (κ2) is 5.14. The summed E-state index contributed by atoms with van der Waals surface area (Å²) in [6, 6.07) is 6.03. The summed E-state index contributed by atoms with van der Waals surface area (Å²) >= 11 is 7.82. The minimum atomic E-state index is 0.613. The van der Waals surface area contributed by atoms with Gasteiger partial charge in [0.1, 0.15) is 10.7 Å². The topological polar surface area (TPSA) is 38.9 Å². The van der Waals surface area contributed by atoms with Crippen molar-refractivity contribution in [3.05, 3.63) is 33.8 Å². The molecule has 1 aromatic heterocycles. The largest absolute Gasteiger partial charge is 0.389 e. The number of halogens is 1. The second-order valence-corrected chi connectivity index (χ2v) is 6.68. The Balaban J connectivity index is 1.97. The van der Waals surface area contributed by atoms with Crippen molar-refractivity contribution in [2.45, 2.75) is 38.5 Å². The predicted octanol–water partition coefficient (Wildman–Crippen LogP) is 5.01. The van der Waals surface area contributed by atoms with Gasteiger partial charge in [-0.25, -0.2) is 4.98 Å². The van der Waals surface area contributed by atoms with Crippen molar-refractivity contribution < 1.29 is 0 Å². The van der Waals surface area contributed by atoms with Gasteiger partial charge in [-0.2, -0.15) is 0 Å². The number of nitrogens with two attached hydrogens (primary N) is 1. The van der Waals surface area contributed by atoms with Crippen molar-refractivity contribution in [3.63, 3.8) is 0 Å². The molecule has 2 N–H and O–H groups in total. The molecule has 100 valence electrons. The minimum absolute atomic E-state index is 0.613. The van der Waals surface area contributed by atoms with Gasteiger partial charge in [0.05, 0.1) is 5.01 Å². The first-order chi connectivity index (χ1) is 9.15. The lowest BCUT2D eigenvalue weighted by atomic mass is 10.1. The third kappa shape index (κ3) is 2.49. The summed E-state index contributed by atoms with van der Waals surface area (Å²) in [5.41, 5.74) is 9.14. The van der Waals surface area contributed by atoms with E-state index in [1.165, 1.54) is 30.7 Å². The summed E-state index contributed by atoms with van der Waals surface area (Å²) in [7, 11) is 0. The number of aryl methyl sites for hydroxylation is 1. The number of aromatic nitrogens is 1. The predicted molar refractivity (Wildman–Crippen MR) is 82.9 cm³/mol. The number of thiazole rings is 1. The Morgan fingerprint density at radius 3 is 2.74 bits per heavy atom. The fraction of sp³-hybridized carbons (Fsp3) is 0.400. The standard InChI is InChI=1S/C15H17ClN2S/c1-9-6-7-11(8-12(9)16)13-14(17)19-15(18-13)10-4-2-3-5-10/h6-8,10H,2-5,17H2,1H3. The molecule has 3 rings (SSSR count). The zero-order chi connectivity index (χ0) is 13.4. The Kier molecular flexibility index (Phi) is 3.50. The Hall–Kier alpha value is -1.06. The number of hydrogen-bond donors (Lipinski definition) is 1. The molecular formula is C15H17ClN2S. The highest BCUT2D eigenvalue weighted by atomic mass is 35.5. The number of benzene rings is 1. The zero-order valence-corrected chi connectivity index (χ0v) is 12.5. The maximum atomic E-state index is 6.18. The van der Waals surface area contributed by atoms with E-state index in [2.05, 4.69) is 0 Å². The molecule has 0 radical (unpaired) electrons. The molecule has 1 saturated carbocycles. The average Bonchev–Trinajstić information content (AvgIpc) is 3.01. The number of hydrogen-bond acceptors (Lipinski definition) is 3. The second-order valence-electron chi connectivity index (χ2n) is 5.21. The lowest BCUT2D eigenvalue weighted by molar-refractivity contribution is 0.717. The number of rotatable bonds is 2. The smallest absolute Gasteiger partial charge is 0.114 e. The van der Waals surface area contributed by atoms with E-state index in [0.29, 0.717) is 5.92 Å². The van der Waals surface area contributed by atoms with Gasteiger partial charge in [0, 0.05) is 16.5 Å². The van der Waals surface area contributed by atoms with Crippen LogP contribution in [0.4, 0.5) is 5.00 Å². The van der Waals surface area contributed by atoms with Crippen LogP contribution >= 0.6 is 22.9 Å². The lowest BCUT2D eigenvalue weighted by Crippen LogP contribution is -1.91. The van der Waals surface area contributed by atoms with Crippen molar-refractivity contribution in [1.29, 1.82) is 0 Å². The molecule has 0 aliphatic heterocycles. The van der Waals surface area contributed by atoms with Crippen molar-refractivity contribution >= 4 is 27.9 Å². The molecule has 4 heteroatoms. The van der Waals surface area contributed by atoms with Crippen LogP contribution in [0.25, 0.3) is 11.3 Å². The van der Waals surface area contributed by atoms with Crippen molar-refractivity contribution in [2.24, 2.45) is 0 Å². The molecule has 0 spiro atoms. The summed E-state index contributed by atoms with van der Waals surface area (Å²) in [5, 5.41) is 2.77. The zero-order valence-electron chi connectivity index (χ0n) is 10.9. The first-order valence-electron chi connectivity index (χ1n) is 6.68. The van der Waals surface area contributed by atoms with Gasteiger partial charge in [-0.3, -0.25) is 0 Å². The number of nitrogen functional groups attached to an aromatic ring is 1. The summed E-state index contributed by atoms with van der Waals surface area (Å²) in [6.45, 7) is 2.00. The van der Waals surface area contributed by atoms with Gasteiger partial charge < -0.3 is 5.73 Å². The van der Waals surface area contributed by atoms with E-state index >= 15 is 0 Å². The van der Waals surface area contributed by atoms with Crippen LogP contribution in [0.15, 0.2) is 18.2 Å². The molecule has 1 heterocycles. The molecule has 1 aliphatic carbocycles. The van der Waals surface area contributed by atoms with E-state index < -0.39 is 0 Å². The minimum Gasteiger partial charge on any atom is -0.389 e. The maximum absolute atomic E-state index is 6.18. The number of nitrogens with zero attached hydrogens (tertiary/aromatic N) is 1. The molecule has 0 unspecified atom stereocenters. The van der Waals surface area contributed by atoms with Crippen molar-refractivity contribution in [2.75, 3.05) is 5.73 Å². The quantitative estimate of drug-likeness (QED) is 0.845. The molecule has 2 aromatic rings. The van der Waals surface area contributed by atoms with Gasteiger partial charge in [-0.05, 0) is 31.4 Å². The summed E-state index contributed by atoms with van der Waals surface area (Å²) < 4.78 is 0.